The molecule has 0 bridgehead atoms. The molecule has 1 aromatic rings. The van der Waals surface area contributed by atoms with Crippen LogP contribution >= 0.6 is 0 Å². The van der Waals surface area contributed by atoms with Crippen molar-refractivity contribution in [3.8, 4) is 0 Å². The van der Waals surface area contributed by atoms with Gasteiger partial charge in [-0.05, 0) is 38.8 Å². The lowest BCUT2D eigenvalue weighted by Crippen LogP contribution is -2.20. The summed E-state index contributed by atoms with van der Waals surface area (Å²) >= 11 is 0. The lowest BCUT2D eigenvalue weighted by atomic mass is 10.1. The molecule has 1 N–H and O–H groups in total. The quantitative estimate of drug-likeness (QED) is 0.854. The van der Waals surface area contributed by atoms with Crippen LogP contribution in [0.1, 0.15) is 31.7 Å². The highest BCUT2D eigenvalue weighted by Gasteiger charge is 2.19. The van der Waals surface area contributed by atoms with Crippen LogP contribution in [0, 0.1) is 5.92 Å². The van der Waals surface area contributed by atoms with E-state index in [2.05, 4.69) is 46.3 Å². The van der Waals surface area contributed by atoms with Gasteiger partial charge in [0.2, 0.25) is 5.95 Å². The SMILES string of the molecule is CCc1nnc(NCC2CCN(C)C2)nc1CC. The Morgan fingerprint density at radius 1 is 1.22 bits per heavy atom. The zero-order chi connectivity index (χ0) is 13.0. The third kappa shape index (κ3) is 3.16. The van der Waals surface area contributed by atoms with E-state index in [9.17, 15) is 0 Å². The van der Waals surface area contributed by atoms with Crippen LogP contribution in [0.5, 0.6) is 0 Å². The van der Waals surface area contributed by atoms with E-state index in [1.165, 1.54) is 13.0 Å². The highest BCUT2D eigenvalue weighted by Crippen LogP contribution is 2.14. The number of aromatic nitrogens is 3. The Bertz CT molecular complexity index is 393. The van der Waals surface area contributed by atoms with Crippen molar-refractivity contribution in [3.05, 3.63) is 11.4 Å². The third-order valence-electron chi connectivity index (χ3n) is 3.55. The first-order valence-corrected chi connectivity index (χ1v) is 6.87. The molecule has 0 spiro atoms. The summed E-state index contributed by atoms with van der Waals surface area (Å²) in [6, 6.07) is 0. The summed E-state index contributed by atoms with van der Waals surface area (Å²) in [6.45, 7) is 7.50. The minimum absolute atomic E-state index is 0.679. The van der Waals surface area contributed by atoms with Gasteiger partial charge in [-0.1, -0.05) is 13.8 Å². The zero-order valence-electron chi connectivity index (χ0n) is 11.6. The van der Waals surface area contributed by atoms with Crippen LogP contribution in [0.4, 0.5) is 5.95 Å². The molecule has 0 saturated carbocycles. The first kappa shape index (κ1) is 13.2. The Morgan fingerprint density at radius 3 is 2.61 bits per heavy atom. The third-order valence-corrected chi connectivity index (χ3v) is 3.55. The molecule has 1 aromatic heterocycles. The van der Waals surface area contributed by atoms with Crippen molar-refractivity contribution in [3.63, 3.8) is 0 Å². The van der Waals surface area contributed by atoms with Gasteiger partial charge in [0, 0.05) is 13.1 Å². The highest BCUT2D eigenvalue weighted by atomic mass is 15.2. The van der Waals surface area contributed by atoms with Crippen LogP contribution in [-0.2, 0) is 12.8 Å². The summed E-state index contributed by atoms with van der Waals surface area (Å²) in [7, 11) is 2.17. The van der Waals surface area contributed by atoms with Gasteiger partial charge in [-0.15, -0.1) is 5.10 Å². The van der Waals surface area contributed by atoms with Crippen molar-refractivity contribution in [2.24, 2.45) is 5.92 Å². The van der Waals surface area contributed by atoms with Crippen molar-refractivity contribution >= 4 is 5.95 Å². The molecule has 0 radical (unpaired) electrons. The van der Waals surface area contributed by atoms with Crippen molar-refractivity contribution in [1.82, 2.24) is 20.1 Å². The molecule has 1 atom stereocenters. The molecule has 2 rings (SSSR count). The molecule has 18 heavy (non-hydrogen) atoms. The number of hydrogen-bond acceptors (Lipinski definition) is 5. The molecule has 0 aromatic carbocycles. The van der Waals surface area contributed by atoms with Crippen LogP contribution in [-0.4, -0.2) is 46.8 Å². The van der Waals surface area contributed by atoms with E-state index in [-0.39, 0.29) is 0 Å². The van der Waals surface area contributed by atoms with Gasteiger partial charge in [0.05, 0.1) is 11.4 Å². The zero-order valence-corrected chi connectivity index (χ0v) is 11.6. The second-order valence-electron chi connectivity index (χ2n) is 5.03. The van der Waals surface area contributed by atoms with E-state index in [4.69, 9.17) is 0 Å². The van der Waals surface area contributed by atoms with Gasteiger partial charge in [-0.3, -0.25) is 0 Å². The molecule has 2 heterocycles. The van der Waals surface area contributed by atoms with Crippen molar-refractivity contribution in [1.29, 1.82) is 0 Å². The maximum absolute atomic E-state index is 4.54. The Labute approximate surface area is 109 Å². The Balaban J connectivity index is 1.93. The normalized spacial score (nSPS) is 20.3. The van der Waals surface area contributed by atoms with E-state index in [0.29, 0.717) is 11.9 Å². The predicted octanol–water partition coefficient (Wildman–Crippen LogP) is 1.36. The standard InChI is InChI=1S/C13H23N5/c1-4-11-12(5-2)16-17-13(15-11)14-8-10-6-7-18(3)9-10/h10H,4-9H2,1-3H3,(H,14,15,17). The largest absolute Gasteiger partial charge is 0.353 e. The summed E-state index contributed by atoms with van der Waals surface area (Å²) in [5.41, 5.74) is 2.09. The van der Waals surface area contributed by atoms with E-state index in [1.54, 1.807) is 0 Å². The van der Waals surface area contributed by atoms with Crippen LogP contribution < -0.4 is 5.32 Å². The number of hydrogen-bond donors (Lipinski definition) is 1. The fourth-order valence-electron chi connectivity index (χ4n) is 2.44. The van der Waals surface area contributed by atoms with Crippen LogP contribution in [0.25, 0.3) is 0 Å². The molecule has 100 valence electrons. The monoisotopic (exact) mass is 249 g/mol. The molecule has 1 fully saturated rings. The topological polar surface area (TPSA) is 53.9 Å². The smallest absolute Gasteiger partial charge is 0.242 e. The Morgan fingerprint density at radius 2 is 2.00 bits per heavy atom. The van der Waals surface area contributed by atoms with E-state index < -0.39 is 0 Å². The number of rotatable bonds is 5. The number of likely N-dealkylation sites (tertiary alicyclic amines) is 1. The number of anilines is 1. The maximum atomic E-state index is 4.54. The summed E-state index contributed by atoms with van der Waals surface area (Å²) in [5, 5.41) is 11.7. The second-order valence-corrected chi connectivity index (χ2v) is 5.03. The van der Waals surface area contributed by atoms with Gasteiger partial charge in [0.1, 0.15) is 0 Å². The Kier molecular flexibility index (Phi) is 4.47. The van der Waals surface area contributed by atoms with E-state index in [0.717, 1.165) is 37.3 Å². The van der Waals surface area contributed by atoms with Crippen LogP contribution in [0.2, 0.25) is 0 Å². The number of nitrogens with zero attached hydrogens (tertiary/aromatic N) is 4. The summed E-state index contributed by atoms with van der Waals surface area (Å²) in [6.07, 6.45) is 3.07. The summed E-state index contributed by atoms with van der Waals surface area (Å²) in [5.74, 6) is 1.38. The molecular formula is C13H23N5. The van der Waals surface area contributed by atoms with E-state index in [1.807, 2.05) is 0 Å². The Hall–Kier alpha value is -1.23. The van der Waals surface area contributed by atoms with Crippen LogP contribution in [0.15, 0.2) is 0 Å². The first-order valence-electron chi connectivity index (χ1n) is 6.87. The molecule has 5 nitrogen and oxygen atoms in total. The molecule has 1 saturated heterocycles. The summed E-state index contributed by atoms with van der Waals surface area (Å²) in [4.78, 5) is 6.91. The lowest BCUT2D eigenvalue weighted by molar-refractivity contribution is 0.399. The average Bonchev–Trinajstić information content (AvgIpc) is 2.81. The van der Waals surface area contributed by atoms with Gasteiger partial charge in [-0.25, -0.2) is 4.98 Å². The van der Waals surface area contributed by atoms with E-state index >= 15 is 0 Å². The van der Waals surface area contributed by atoms with Crippen molar-refractivity contribution in [2.75, 3.05) is 32.0 Å². The molecule has 1 unspecified atom stereocenters. The molecule has 5 heteroatoms. The second kappa shape index (κ2) is 6.09. The molecular weight excluding hydrogens is 226 g/mol. The van der Waals surface area contributed by atoms with Gasteiger partial charge in [0.15, 0.2) is 0 Å². The molecule has 0 aliphatic carbocycles. The van der Waals surface area contributed by atoms with Crippen LogP contribution in [0.3, 0.4) is 0 Å². The maximum Gasteiger partial charge on any atom is 0.242 e. The summed E-state index contributed by atoms with van der Waals surface area (Å²) < 4.78 is 0. The van der Waals surface area contributed by atoms with Crippen molar-refractivity contribution in [2.45, 2.75) is 33.1 Å². The number of nitrogens with one attached hydrogen (secondary N) is 1. The average molecular weight is 249 g/mol. The van der Waals surface area contributed by atoms with Gasteiger partial charge < -0.3 is 10.2 Å². The molecule has 1 aliphatic heterocycles. The fourth-order valence-corrected chi connectivity index (χ4v) is 2.44. The van der Waals surface area contributed by atoms with Gasteiger partial charge in [-0.2, -0.15) is 5.10 Å². The lowest BCUT2D eigenvalue weighted by Gasteiger charge is -2.12. The van der Waals surface area contributed by atoms with Gasteiger partial charge in [0.25, 0.3) is 0 Å². The minimum atomic E-state index is 0.679. The predicted molar refractivity (Wildman–Crippen MR) is 72.7 cm³/mol. The first-order chi connectivity index (χ1) is 8.72. The van der Waals surface area contributed by atoms with Crippen molar-refractivity contribution < 1.29 is 0 Å². The highest BCUT2D eigenvalue weighted by molar-refractivity contribution is 5.25. The fraction of sp³-hybridized carbons (Fsp3) is 0.769. The van der Waals surface area contributed by atoms with Gasteiger partial charge >= 0.3 is 0 Å². The minimum Gasteiger partial charge on any atom is -0.353 e. The molecule has 1 aliphatic rings. The number of aryl methyl sites for hydroxylation is 2. The molecule has 0 amide bonds.